The molecular formula is C33H25Cl2N3O3S. The minimum absolute atomic E-state index is 0.248. The maximum absolute atomic E-state index is 13.5. The van der Waals surface area contributed by atoms with E-state index >= 15 is 0 Å². The van der Waals surface area contributed by atoms with Gasteiger partial charge in [0, 0.05) is 54.3 Å². The molecule has 0 bridgehead atoms. The topological polar surface area (TPSA) is 61.9 Å². The summed E-state index contributed by atoms with van der Waals surface area (Å²) < 4.78 is 36.7. The summed E-state index contributed by atoms with van der Waals surface area (Å²) in [6, 6.07) is 33.9. The molecule has 0 saturated heterocycles. The Labute approximate surface area is 254 Å². The van der Waals surface area contributed by atoms with Crippen molar-refractivity contribution in [3.05, 3.63) is 136 Å². The molecule has 5 aromatic rings. The highest BCUT2D eigenvalue weighted by molar-refractivity contribution is 7.90. The molecule has 6 nitrogen and oxygen atoms in total. The fourth-order valence-electron chi connectivity index (χ4n) is 5.94. The van der Waals surface area contributed by atoms with Gasteiger partial charge in [-0.3, -0.25) is 0 Å². The molecule has 0 amide bonds. The molecule has 2 aliphatic rings. The van der Waals surface area contributed by atoms with Crippen molar-refractivity contribution in [3.8, 4) is 11.5 Å². The molecule has 5 aromatic carbocycles. The van der Waals surface area contributed by atoms with Gasteiger partial charge in [0.25, 0.3) is 0 Å². The molecular weight excluding hydrogens is 589 g/mol. The second-order valence-corrected chi connectivity index (χ2v) is 12.8. The molecule has 1 N–H and O–H groups in total. The first kappa shape index (κ1) is 26.9. The minimum Gasteiger partial charge on any atom is -0.456 e. The number of hydrogen-bond acceptors (Lipinski definition) is 5. The van der Waals surface area contributed by atoms with Crippen molar-refractivity contribution in [1.82, 2.24) is 4.72 Å². The molecule has 0 fully saturated rings. The van der Waals surface area contributed by atoms with Gasteiger partial charge in [-0.05, 0) is 42.5 Å². The standard InChI is InChI=1S/C33H25Cl2N3O3S/c1-37(28-12-6-4-10-26(28)34)21-15-17-23-30(19-21)41-31-20-22(38(2)29-13-7-5-11-27(29)35)16-18-24(31)33(23)25-9-3-8-14-32(25)42(39,40)36-33/h3-20,36H,1-2H3. The number of halogens is 2. The normalized spacial score (nSPS) is 15.3. The van der Waals surface area contributed by atoms with Gasteiger partial charge in [0.1, 0.15) is 17.0 Å². The molecule has 0 unspecified atom stereocenters. The zero-order valence-corrected chi connectivity index (χ0v) is 25.0. The van der Waals surface area contributed by atoms with Crippen LogP contribution in [0.2, 0.25) is 10.0 Å². The lowest BCUT2D eigenvalue weighted by Gasteiger charge is -2.38. The summed E-state index contributed by atoms with van der Waals surface area (Å²) in [6.07, 6.45) is 0. The van der Waals surface area contributed by atoms with Crippen LogP contribution in [0.1, 0.15) is 16.7 Å². The van der Waals surface area contributed by atoms with E-state index in [1.165, 1.54) is 0 Å². The molecule has 9 heteroatoms. The molecule has 7 rings (SSSR count). The van der Waals surface area contributed by atoms with E-state index in [-0.39, 0.29) is 4.90 Å². The van der Waals surface area contributed by atoms with Gasteiger partial charge in [-0.15, -0.1) is 0 Å². The molecule has 0 aromatic heterocycles. The fourth-order valence-corrected chi connectivity index (χ4v) is 8.08. The van der Waals surface area contributed by atoms with Gasteiger partial charge >= 0.3 is 0 Å². The van der Waals surface area contributed by atoms with Crippen molar-refractivity contribution >= 4 is 56.0 Å². The van der Waals surface area contributed by atoms with Crippen LogP contribution in [0.5, 0.6) is 11.5 Å². The third-order valence-electron chi connectivity index (χ3n) is 8.03. The number of nitrogens with one attached hydrogen (secondary N) is 1. The van der Waals surface area contributed by atoms with Gasteiger partial charge in [-0.1, -0.05) is 77.8 Å². The number of para-hydroxylation sites is 2. The van der Waals surface area contributed by atoms with Gasteiger partial charge < -0.3 is 14.5 Å². The highest BCUT2D eigenvalue weighted by atomic mass is 35.5. The molecule has 2 heterocycles. The summed E-state index contributed by atoms with van der Waals surface area (Å²) in [5, 5.41) is 1.23. The van der Waals surface area contributed by atoms with Crippen LogP contribution in [0.3, 0.4) is 0 Å². The summed E-state index contributed by atoms with van der Waals surface area (Å²) in [7, 11) is 0.0501. The smallest absolute Gasteiger partial charge is 0.242 e. The van der Waals surface area contributed by atoms with Gasteiger partial charge in [0.15, 0.2) is 0 Å². The summed E-state index contributed by atoms with van der Waals surface area (Å²) in [6.45, 7) is 0. The first-order valence-corrected chi connectivity index (χ1v) is 15.5. The van der Waals surface area contributed by atoms with Gasteiger partial charge in [0.05, 0.1) is 26.3 Å². The van der Waals surface area contributed by atoms with E-state index in [0.29, 0.717) is 38.2 Å². The van der Waals surface area contributed by atoms with Crippen LogP contribution in [-0.2, 0) is 15.6 Å². The predicted octanol–water partition coefficient (Wildman–Crippen LogP) is 8.22. The number of sulfonamides is 1. The summed E-state index contributed by atoms with van der Waals surface area (Å²) in [5.74, 6) is 1.08. The third-order valence-corrected chi connectivity index (χ3v) is 10.2. The number of benzene rings is 5. The Morgan fingerprint density at radius 2 is 1.12 bits per heavy atom. The highest BCUT2D eigenvalue weighted by Gasteiger charge is 2.53. The SMILES string of the molecule is CN(c1ccc2c(c1)Oc1cc(N(C)c3ccccc3Cl)ccc1C21NS(=O)(=O)c2ccccc21)c1ccccc1Cl. The number of hydrogen-bond donors (Lipinski definition) is 1. The van der Waals surface area contributed by atoms with E-state index in [0.717, 1.165) is 22.7 Å². The molecule has 0 radical (unpaired) electrons. The van der Waals surface area contributed by atoms with Crippen LogP contribution in [-0.4, -0.2) is 22.5 Å². The van der Waals surface area contributed by atoms with E-state index in [2.05, 4.69) is 4.72 Å². The van der Waals surface area contributed by atoms with Crippen molar-refractivity contribution in [2.45, 2.75) is 10.4 Å². The Morgan fingerprint density at radius 3 is 1.64 bits per heavy atom. The van der Waals surface area contributed by atoms with Crippen molar-refractivity contribution in [1.29, 1.82) is 0 Å². The van der Waals surface area contributed by atoms with E-state index in [1.807, 2.05) is 121 Å². The number of fused-ring (bicyclic) bond motifs is 6. The van der Waals surface area contributed by atoms with Crippen LogP contribution >= 0.6 is 23.2 Å². The maximum atomic E-state index is 13.5. The highest BCUT2D eigenvalue weighted by Crippen LogP contribution is 2.56. The Morgan fingerprint density at radius 1 is 0.643 bits per heavy atom. The Bertz CT molecular complexity index is 1900. The maximum Gasteiger partial charge on any atom is 0.242 e. The van der Waals surface area contributed by atoms with E-state index in [4.69, 9.17) is 27.9 Å². The van der Waals surface area contributed by atoms with E-state index < -0.39 is 15.6 Å². The van der Waals surface area contributed by atoms with Crippen LogP contribution in [0.15, 0.2) is 114 Å². The number of anilines is 4. The molecule has 42 heavy (non-hydrogen) atoms. The van der Waals surface area contributed by atoms with Crippen molar-refractivity contribution in [3.63, 3.8) is 0 Å². The molecule has 1 spiro atoms. The van der Waals surface area contributed by atoms with Crippen LogP contribution in [0.4, 0.5) is 22.7 Å². The lowest BCUT2D eigenvalue weighted by atomic mass is 9.75. The second kappa shape index (κ2) is 9.78. The van der Waals surface area contributed by atoms with Crippen molar-refractivity contribution < 1.29 is 13.2 Å². The number of rotatable bonds is 4. The van der Waals surface area contributed by atoms with Crippen LogP contribution < -0.4 is 19.3 Å². The summed E-state index contributed by atoms with van der Waals surface area (Å²) in [5.41, 5.74) is 4.20. The molecule has 210 valence electrons. The van der Waals surface area contributed by atoms with Gasteiger partial charge in [0.2, 0.25) is 10.0 Å². The largest absolute Gasteiger partial charge is 0.456 e. The monoisotopic (exact) mass is 613 g/mol. The minimum atomic E-state index is -3.81. The van der Waals surface area contributed by atoms with Crippen molar-refractivity contribution in [2.24, 2.45) is 0 Å². The lowest BCUT2D eigenvalue weighted by molar-refractivity contribution is 0.411. The molecule has 2 aliphatic heterocycles. The Kier molecular flexibility index (Phi) is 6.26. The zero-order chi connectivity index (χ0) is 29.2. The lowest BCUT2D eigenvalue weighted by Crippen LogP contribution is -2.43. The first-order valence-electron chi connectivity index (χ1n) is 13.3. The summed E-state index contributed by atoms with van der Waals surface area (Å²) >= 11 is 13.0. The molecule has 0 atom stereocenters. The van der Waals surface area contributed by atoms with Gasteiger partial charge in [-0.2, -0.15) is 4.72 Å². The fraction of sp³-hybridized carbons (Fsp3) is 0.0909. The first-order chi connectivity index (χ1) is 20.2. The average molecular weight is 615 g/mol. The van der Waals surface area contributed by atoms with Gasteiger partial charge in [-0.25, -0.2) is 8.42 Å². The van der Waals surface area contributed by atoms with Crippen LogP contribution in [0.25, 0.3) is 0 Å². The number of ether oxygens (including phenoxy) is 1. The van der Waals surface area contributed by atoms with E-state index in [1.54, 1.807) is 12.1 Å². The summed E-state index contributed by atoms with van der Waals surface area (Å²) in [4.78, 5) is 4.20. The third kappa shape index (κ3) is 4.00. The Hall–Kier alpha value is -4.01. The zero-order valence-electron chi connectivity index (χ0n) is 22.7. The quantitative estimate of drug-likeness (QED) is 0.221. The predicted molar refractivity (Wildman–Crippen MR) is 169 cm³/mol. The number of nitrogens with zero attached hydrogens (tertiary/aromatic N) is 2. The molecule has 0 aliphatic carbocycles. The van der Waals surface area contributed by atoms with Crippen molar-refractivity contribution in [2.75, 3.05) is 23.9 Å². The Balaban J connectivity index is 1.43. The average Bonchev–Trinajstić information content (AvgIpc) is 3.24. The van der Waals surface area contributed by atoms with E-state index in [9.17, 15) is 8.42 Å². The molecule has 0 saturated carbocycles. The second-order valence-electron chi connectivity index (χ2n) is 10.3. The van der Waals surface area contributed by atoms with Crippen LogP contribution in [0, 0.1) is 0 Å².